The largest absolute Gasteiger partial charge is 0.444 e. The highest BCUT2D eigenvalue weighted by molar-refractivity contribution is 5.88. The molecule has 0 aromatic rings. The minimum absolute atomic E-state index is 0.00767. The van der Waals surface area contributed by atoms with E-state index in [0.717, 1.165) is 19.3 Å². The molecule has 2 heterocycles. The minimum atomic E-state index is -0.782. The summed E-state index contributed by atoms with van der Waals surface area (Å²) in [5, 5.41) is 2.70. The first-order chi connectivity index (χ1) is 12.0. The Morgan fingerprint density at radius 2 is 1.85 bits per heavy atom. The zero-order valence-electron chi connectivity index (χ0n) is 16.9. The molecular formula is C19H33N3O4. The van der Waals surface area contributed by atoms with E-state index >= 15 is 0 Å². The van der Waals surface area contributed by atoms with Gasteiger partial charge >= 0.3 is 6.09 Å². The summed E-state index contributed by atoms with van der Waals surface area (Å²) >= 11 is 0. The number of amides is 3. The van der Waals surface area contributed by atoms with E-state index < -0.39 is 17.7 Å². The molecule has 0 saturated carbocycles. The lowest BCUT2D eigenvalue weighted by atomic mass is 10.1. The van der Waals surface area contributed by atoms with Crippen molar-refractivity contribution in [2.45, 2.75) is 84.5 Å². The first kappa shape index (κ1) is 20.5. The smallest absolute Gasteiger partial charge is 0.408 e. The third-order valence-corrected chi connectivity index (χ3v) is 4.97. The van der Waals surface area contributed by atoms with Gasteiger partial charge in [-0.15, -0.1) is 0 Å². The third kappa shape index (κ3) is 4.89. The molecule has 2 fully saturated rings. The second kappa shape index (κ2) is 7.84. The van der Waals surface area contributed by atoms with Gasteiger partial charge in [0.05, 0.1) is 6.54 Å². The summed E-state index contributed by atoms with van der Waals surface area (Å²) < 4.78 is 5.32. The number of ether oxygens (including phenoxy) is 1. The quantitative estimate of drug-likeness (QED) is 0.811. The van der Waals surface area contributed by atoms with Gasteiger partial charge in [0.25, 0.3) is 0 Å². The molecule has 7 heteroatoms. The molecule has 0 aromatic carbocycles. The standard InChI is InChI=1S/C19H33N3O4/c1-12(2)16(23)21-10-9-14-8-7-13(3)22(14)17(24)15(11-21)20-18(25)26-19(4,5)6/h12-15H,7-11H2,1-6H3,(H,20,25). The summed E-state index contributed by atoms with van der Waals surface area (Å²) in [7, 11) is 0. The van der Waals surface area contributed by atoms with Crippen LogP contribution in [0, 0.1) is 5.92 Å². The maximum absolute atomic E-state index is 13.1. The highest BCUT2D eigenvalue weighted by Crippen LogP contribution is 2.29. The summed E-state index contributed by atoms with van der Waals surface area (Å²) in [5.74, 6) is -0.259. The maximum atomic E-state index is 13.1. The van der Waals surface area contributed by atoms with Crippen LogP contribution in [0.2, 0.25) is 0 Å². The van der Waals surface area contributed by atoms with Crippen molar-refractivity contribution >= 4 is 17.9 Å². The Bertz CT molecular complexity index is 555. The molecule has 3 atom stereocenters. The Hall–Kier alpha value is -1.79. The van der Waals surface area contributed by atoms with E-state index in [-0.39, 0.29) is 36.4 Å². The molecule has 0 aliphatic carbocycles. The van der Waals surface area contributed by atoms with Gasteiger partial charge in [-0.05, 0) is 47.0 Å². The van der Waals surface area contributed by atoms with Crippen LogP contribution >= 0.6 is 0 Å². The van der Waals surface area contributed by atoms with Crippen LogP contribution in [-0.4, -0.2) is 64.5 Å². The summed E-state index contributed by atoms with van der Waals surface area (Å²) in [4.78, 5) is 41.6. The Balaban J connectivity index is 2.22. The molecule has 2 saturated heterocycles. The molecule has 0 aromatic heterocycles. The fraction of sp³-hybridized carbons (Fsp3) is 0.842. The van der Waals surface area contributed by atoms with Crippen LogP contribution < -0.4 is 5.32 Å². The molecule has 2 rings (SSSR count). The molecule has 0 radical (unpaired) electrons. The highest BCUT2D eigenvalue weighted by atomic mass is 16.6. The van der Waals surface area contributed by atoms with Gasteiger partial charge in [-0.2, -0.15) is 0 Å². The fourth-order valence-electron chi connectivity index (χ4n) is 3.75. The average Bonchev–Trinajstić information content (AvgIpc) is 2.86. The Kier molecular flexibility index (Phi) is 6.19. The van der Waals surface area contributed by atoms with Crippen molar-refractivity contribution in [3.05, 3.63) is 0 Å². The Morgan fingerprint density at radius 1 is 1.19 bits per heavy atom. The van der Waals surface area contributed by atoms with E-state index in [1.165, 1.54) is 0 Å². The van der Waals surface area contributed by atoms with Crippen molar-refractivity contribution in [2.24, 2.45) is 5.92 Å². The molecule has 148 valence electrons. The van der Waals surface area contributed by atoms with Crippen molar-refractivity contribution in [1.29, 1.82) is 0 Å². The second-order valence-electron chi connectivity index (χ2n) is 8.75. The van der Waals surface area contributed by atoms with E-state index in [1.54, 1.807) is 25.7 Å². The van der Waals surface area contributed by atoms with E-state index in [1.807, 2.05) is 25.7 Å². The molecule has 7 nitrogen and oxygen atoms in total. The lowest BCUT2D eigenvalue weighted by Crippen LogP contribution is -2.59. The van der Waals surface area contributed by atoms with Gasteiger partial charge in [-0.3, -0.25) is 9.59 Å². The Morgan fingerprint density at radius 3 is 2.42 bits per heavy atom. The van der Waals surface area contributed by atoms with Crippen LogP contribution in [0.4, 0.5) is 4.79 Å². The first-order valence-electron chi connectivity index (χ1n) is 9.60. The average molecular weight is 367 g/mol. The number of fused-ring (bicyclic) bond motifs is 1. The van der Waals surface area contributed by atoms with Crippen LogP contribution in [-0.2, 0) is 14.3 Å². The summed E-state index contributed by atoms with van der Waals surface area (Å²) in [6.45, 7) is 11.9. The summed E-state index contributed by atoms with van der Waals surface area (Å²) in [6.07, 6.45) is 2.05. The molecule has 3 unspecified atom stereocenters. The number of hydrogen-bond donors (Lipinski definition) is 1. The number of carbonyl (C=O) groups excluding carboxylic acids is 3. The van der Waals surface area contributed by atoms with Crippen molar-refractivity contribution in [2.75, 3.05) is 13.1 Å². The molecule has 26 heavy (non-hydrogen) atoms. The van der Waals surface area contributed by atoms with E-state index in [9.17, 15) is 14.4 Å². The maximum Gasteiger partial charge on any atom is 0.408 e. The van der Waals surface area contributed by atoms with Crippen molar-refractivity contribution in [1.82, 2.24) is 15.1 Å². The lowest BCUT2D eigenvalue weighted by Gasteiger charge is -2.39. The molecule has 0 spiro atoms. The zero-order valence-corrected chi connectivity index (χ0v) is 16.9. The predicted octanol–water partition coefficient (Wildman–Crippen LogP) is 2.15. The van der Waals surface area contributed by atoms with Gasteiger partial charge < -0.3 is 19.9 Å². The number of nitrogens with zero attached hydrogens (tertiary/aromatic N) is 2. The zero-order chi connectivity index (χ0) is 19.6. The number of nitrogens with one attached hydrogen (secondary N) is 1. The molecule has 3 amide bonds. The number of hydrogen-bond acceptors (Lipinski definition) is 4. The first-order valence-corrected chi connectivity index (χ1v) is 9.60. The summed E-state index contributed by atoms with van der Waals surface area (Å²) in [5.41, 5.74) is -0.647. The predicted molar refractivity (Wildman–Crippen MR) is 98.5 cm³/mol. The topological polar surface area (TPSA) is 79.0 Å². The number of carbonyl (C=O) groups is 3. The SMILES string of the molecule is CC(C)C(=O)N1CCC2CCC(C)N2C(=O)C(NC(=O)OC(C)(C)C)C1. The van der Waals surface area contributed by atoms with Gasteiger partial charge in [0.1, 0.15) is 11.6 Å². The van der Waals surface area contributed by atoms with E-state index in [4.69, 9.17) is 4.74 Å². The normalized spacial score (nSPS) is 27.0. The molecule has 2 aliphatic rings. The molecular weight excluding hydrogens is 334 g/mol. The number of rotatable bonds is 2. The molecule has 1 N–H and O–H groups in total. The van der Waals surface area contributed by atoms with Crippen LogP contribution in [0.5, 0.6) is 0 Å². The van der Waals surface area contributed by atoms with Gasteiger partial charge in [0.2, 0.25) is 11.8 Å². The van der Waals surface area contributed by atoms with Crippen molar-refractivity contribution in [3.8, 4) is 0 Å². The van der Waals surface area contributed by atoms with Crippen LogP contribution in [0.3, 0.4) is 0 Å². The third-order valence-electron chi connectivity index (χ3n) is 4.97. The fourth-order valence-corrected chi connectivity index (χ4v) is 3.75. The minimum Gasteiger partial charge on any atom is -0.444 e. The van der Waals surface area contributed by atoms with Gasteiger partial charge in [-0.1, -0.05) is 13.8 Å². The summed E-state index contributed by atoms with van der Waals surface area (Å²) in [6, 6.07) is -0.498. The highest BCUT2D eigenvalue weighted by Gasteiger charge is 2.41. The molecule has 0 bridgehead atoms. The van der Waals surface area contributed by atoms with Crippen LogP contribution in [0.15, 0.2) is 0 Å². The van der Waals surface area contributed by atoms with Gasteiger partial charge in [-0.25, -0.2) is 4.79 Å². The van der Waals surface area contributed by atoms with Crippen LogP contribution in [0.25, 0.3) is 0 Å². The van der Waals surface area contributed by atoms with Crippen molar-refractivity contribution < 1.29 is 19.1 Å². The number of alkyl carbamates (subject to hydrolysis) is 1. The van der Waals surface area contributed by atoms with Gasteiger partial charge in [0.15, 0.2) is 0 Å². The van der Waals surface area contributed by atoms with E-state index in [2.05, 4.69) is 5.32 Å². The van der Waals surface area contributed by atoms with Crippen molar-refractivity contribution in [3.63, 3.8) is 0 Å². The lowest BCUT2D eigenvalue weighted by molar-refractivity contribution is -0.142. The van der Waals surface area contributed by atoms with E-state index in [0.29, 0.717) is 6.54 Å². The Labute approximate surface area is 156 Å². The van der Waals surface area contributed by atoms with Crippen LogP contribution in [0.1, 0.15) is 60.8 Å². The van der Waals surface area contributed by atoms with Gasteiger partial charge in [0, 0.05) is 24.5 Å². The monoisotopic (exact) mass is 367 g/mol. The second-order valence-corrected chi connectivity index (χ2v) is 8.75. The molecule has 2 aliphatic heterocycles.